The van der Waals surface area contributed by atoms with Gasteiger partial charge in [-0.2, -0.15) is 0 Å². The molecule has 0 aliphatic carbocycles. The van der Waals surface area contributed by atoms with Crippen LogP contribution in [0.3, 0.4) is 0 Å². The van der Waals surface area contributed by atoms with Gasteiger partial charge in [-0.1, -0.05) is 0 Å². The number of aryl methyl sites for hydroxylation is 3. The number of imidazole rings is 1. The molecule has 0 atom stereocenters. The van der Waals surface area contributed by atoms with E-state index in [1.165, 1.54) is 0 Å². The summed E-state index contributed by atoms with van der Waals surface area (Å²) in [5.41, 5.74) is 5.50. The molecule has 1 aromatic carbocycles. The van der Waals surface area contributed by atoms with Crippen LogP contribution >= 0.6 is 0 Å². The Morgan fingerprint density at radius 3 is 2.37 bits per heavy atom. The predicted molar refractivity (Wildman–Crippen MR) is 77.6 cm³/mol. The van der Waals surface area contributed by atoms with Crippen LogP contribution in [0.25, 0.3) is 11.3 Å². The van der Waals surface area contributed by atoms with Gasteiger partial charge in [0, 0.05) is 11.3 Å². The average molecular weight is 259 g/mol. The lowest BCUT2D eigenvalue weighted by molar-refractivity contribution is 0.408. The first-order chi connectivity index (χ1) is 9.06. The summed E-state index contributed by atoms with van der Waals surface area (Å²) >= 11 is 0. The summed E-state index contributed by atoms with van der Waals surface area (Å²) in [7, 11) is 3.62. The van der Waals surface area contributed by atoms with Crippen molar-refractivity contribution in [1.29, 1.82) is 0 Å². The monoisotopic (exact) mass is 259 g/mol. The molecule has 4 heteroatoms. The second-order valence-corrected chi connectivity index (χ2v) is 4.83. The SMILES string of the molecule is CNCc1nc(-c2cc(C)c(OC)c(C)c2)c(C)[nH]1. The van der Waals surface area contributed by atoms with E-state index in [2.05, 4.69) is 48.2 Å². The van der Waals surface area contributed by atoms with Gasteiger partial charge in [0.2, 0.25) is 0 Å². The number of benzene rings is 1. The van der Waals surface area contributed by atoms with Crippen molar-refractivity contribution in [2.24, 2.45) is 0 Å². The van der Waals surface area contributed by atoms with Crippen molar-refractivity contribution >= 4 is 0 Å². The molecule has 0 aliphatic rings. The summed E-state index contributed by atoms with van der Waals surface area (Å²) in [5, 5.41) is 3.10. The number of hydrogen-bond acceptors (Lipinski definition) is 3. The van der Waals surface area contributed by atoms with Gasteiger partial charge in [0.1, 0.15) is 11.6 Å². The zero-order valence-corrected chi connectivity index (χ0v) is 12.2. The Labute approximate surface area is 114 Å². The number of hydrogen-bond donors (Lipinski definition) is 2. The lowest BCUT2D eigenvalue weighted by atomic mass is 10.0. The summed E-state index contributed by atoms with van der Waals surface area (Å²) in [6.45, 7) is 6.92. The third kappa shape index (κ3) is 2.63. The molecular weight excluding hydrogens is 238 g/mol. The fourth-order valence-electron chi connectivity index (χ4n) is 2.46. The van der Waals surface area contributed by atoms with E-state index in [1.807, 2.05) is 7.05 Å². The fourth-order valence-corrected chi connectivity index (χ4v) is 2.46. The van der Waals surface area contributed by atoms with Crippen LogP contribution in [0.4, 0.5) is 0 Å². The van der Waals surface area contributed by atoms with Crippen molar-refractivity contribution in [3.8, 4) is 17.0 Å². The molecule has 0 saturated carbocycles. The first-order valence-electron chi connectivity index (χ1n) is 6.42. The number of aromatic amines is 1. The Morgan fingerprint density at radius 1 is 1.21 bits per heavy atom. The van der Waals surface area contributed by atoms with E-state index in [1.54, 1.807) is 7.11 Å². The Kier molecular flexibility index (Phi) is 3.90. The van der Waals surface area contributed by atoms with Crippen LogP contribution in [0.1, 0.15) is 22.6 Å². The fraction of sp³-hybridized carbons (Fsp3) is 0.400. The molecule has 2 rings (SSSR count). The zero-order valence-electron chi connectivity index (χ0n) is 12.2. The van der Waals surface area contributed by atoms with Crippen LogP contribution in [-0.2, 0) is 6.54 Å². The molecule has 2 aromatic rings. The minimum atomic E-state index is 0.745. The molecule has 19 heavy (non-hydrogen) atoms. The molecule has 1 aromatic heterocycles. The number of H-pyrrole nitrogens is 1. The third-order valence-electron chi connectivity index (χ3n) is 3.22. The topological polar surface area (TPSA) is 49.9 Å². The van der Waals surface area contributed by atoms with E-state index < -0.39 is 0 Å². The molecule has 0 saturated heterocycles. The molecule has 0 bridgehead atoms. The molecule has 4 nitrogen and oxygen atoms in total. The largest absolute Gasteiger partial charge is 0.496 e. The molecule has 0 spiro atoms. The number of ether oxygens (including phenoxy) is 1. The van der Waals surface area contributed by atoms with Gasteiger partial charge < -0.3 is 15.0 Å². The van der Waals surface area contributed by atoms with Gasteiger partial charge in [0.25, 0.3) is 0 Å². The third-order valence-corrected chi connectivity index (χ3v) is 3.22. The number of methoxy groups -OCH3 is 1. The van der Waals surface area contributed by atoms with E-state index in [0.29, 0.717) is 0 Å². The van der Waals surface area contributed by atoms with Crippen molar-refractivity contribution in [1.82, 2.24) is 15.3 Å². The molecule has 0 unspecified atom stereocenters. The Hall–Kier alpha value is -1.81. The summed E-state index contributed by atoms with van der Waals surface area (Å²) < 4.78 is 5.40. The molecule has 0 fully saturated rings. The van der Waals surface area contributed by atoms with E-state index in [9.17, 15) is 0 Å². The highest BCUT2D eigenvalue weighted by molar-refractivity contribution is 5.66. The van der Waals surface area contributed by atoms with Gasteiger partial charge in [-0.05, 0) is 51.1 Å². The highest BCUT2D eigenvalue weighted by atomic mass is 16.5. The van der Waals surface area contributed by atoms with Crippen molar-refractivity contribution < 1.29 is 4.74 Å². The number of rotatable bonds is 4. The normalized spacial score (nSPS) is 10.8. The van der Waals surface area contributed by atoms with Crippen LogP contribution in [0.5, 0.6) is 5.75 Å². The smallest absolute Gasteiger partial charge is 0.124 e. The molecule has 2 N–H and O–H groups in total. The highest BCUT2D eigenvalue weighted by Crippen LogP contribution is 2.30. The molecule has 0 aliphatic heterocycles. The Bertz CT molecular complexity index is 564. The molecule has 1 heterocycles. The standard InChI is InChI=1S/C15H21N3O/c1-9-6-12(7-10(2)15(9)19-5)14-11(3)17-13(18-14)8-16-4/h6-7,16H,8H2,1-5H3,(H,17,18). The van der Waals surface area contributed by atoms with Crippen LogP contribution in [0.15, 0.2) is 12.1 Å². The van der Waals surface area contributed by atoms with Gasteiger partial charge in [0.05, 0.1) is 19.3 Å². The van der Waals surface area contributed by atoms with Crippen LogP contribution in [0.2, 0.25) is 0 Å². The van der Waals surface area contributed by atoms with Gasteiger partial charge >= 0.3 is 0 Å². The molecule has 102 valence electrons. The first-order valence-corrected chi connectivity index (χ1v) is 6.42. The van der Waals surface area contributed by atoms with Crippen LogP contribution < -0.4 is 10.1 Å². The lowest BCUT2D eigenvalue weighted by Gasteiger charge is -2.10. The summed E-state index contributed by atoms with van der Waals surface area (Å²) in [5.74, 6) is 1.91. The van der Waals surface area contributed by atoms with Gasteiger partial charge in [-0.15, -0.1) is 0 Å². The van der Waals surface area contributed by atoms with Gasteiger partial charge in [-0.3, -0.25) is 0 Å². The molecular formula is C15H21N3O. The van der Waals surface area contributed by atoms with Gasteiger partial charge in [0.15, 0.2) is 0 Å². The summed E-state index contributed by atoms with van der Waals surface area (Å²) in [6.07, 6.45) is 0. The van der Waals surface area contributed by atoms with E-state index in [4.69, 9.17) is 4.74 Å². The zero-order chi connectivity index (χ0) is 14.0. The average Bonchev–Trinajstić information content (AvgIpc) is 2.70. The summed E-state index contributed by atoms with van der Waals surface area (Å²) in [6, 6.07) is 4.25. The Balaban J connectivity index is 2.47. The van der Waals surface area contributed by atoms with Crippen molar-refractivity contribution in [2.45, 2.75) is 27.3 Å². The maximum Gasteiger partial charge on any atom is 0.124 e. The number of aromatic nitrogens is 2. The second-order valence-electron chi connectivity index (χ2n) is 4.83. The minimum absolute atomic E-state index is 0.745. The minimum Gasteiger partial charge on any atom is -0.496 e. The predicted octanol–water partition coefficient (Wildman–Crippen LogP) is 2.73. The van der Waals surface area contributed by atoms with Crippen LogP contribution in [-0.4, -0.2) is 24.1 Å². The quantitative estimate of drug-likeness (QED) is 0.887. The van der Waals surface area contributed by atoms with Crippen LogP contribution in [0, 0.1) is 20.8 Å². The lowest BCUT2D eigenvalue weighted by Crippen LogP contribution is -2.06. The first kappa shape index (κ1) is 13.6. The van der Waals surface area contributed by atoms with Crippen molar-refractivity contribution in [2.75, 3.05) is 14.2 Å². The van der Waals surface area contributed by atoms with E-state index >= 15 is 0 Å². The molecule has 0 amide bonds. The number of nitrogens with zero attached hydrogens (tertiary/aromatic N) is 1. The van der Waals surface area contributed by atoms with E-state index in [0.717, 1.165) is 46.2 Å². The summed E-state index contributed by atoms with van der Waals surface area (Å²) in [4.78, 5) is 7.96. The molecule has 0 radical (unpaired) electrons. The van der Waals surface area contributed by atoms with E-state index in [-0.39, 0.29) is 0 Å². The second kappa shape index (κ2) is 5.45. The maximum absolute atomic E-state index is 5.40. The maximum atomic E-state index is 5.40. The Morgan fingerprint density at radius 2 is 1.84 bits per heavy atom. The van der Waals surface area contributed by atoms with Crippen molar-refractivity contribution in [3.63, 3.8) is 0 Å². The number of nitrogens with one attached hydrogen (secondary N) is 2. The highest BCUT2D eigenvalue weighted by Gasteiger charge is 2.12. The van der Waals surface area contributed by atoms with Gasteiger partial charge in [-0.25, -0.2) is 4.98 Å². The van der Waals surface area contributed by atoms with Crippen molar-refractivity contribution in [3.05, 3.63) is 34.8 Å².